The van der Waals surface area contributed by atoms with Crippen LogP contribution in [0.2, 0.25) is 0 Å². The van der Waals surface area contributed by atoms with Crippen LogP contribution in [0.25, 0.3) is 56.7 Å². The number of rotatable bonds is 8. The van der Waals surface area contributed by atoms with E-state index in [9.17, 15) is 0 Å². The van der Waals surface area contributed by atoms with E-state index in [1.54, 1.807) is 0 Å². The Morgan fingerprint density at radius 1 is 0.245 bits per heavy atom. The van der Waals surface area contributed by atoms with Crippen LogP contribution in [-0.4, -0.2) is 29.9 Å². The Kier molecular flexibility index (Phi) is 8.12. The molecular weight excluding hydrogens is 603 g/mol. The quantitative estimate of drug-likeness (QED) is 0.165. The van der Waals surface area contributed by atoms with E-state index in [-0.39, 0.29) is 0 Å². The molecule has 8 aromatic rings. The predicted molar refractivity (Wildman–Crippen MR) is 195 cm³/mol. The molecule has 2 aromatic heterocycles. The number of aromatic nitrogens is 6. The van der Waals surface area contributed by atoms with Crippen molar-refractivity contribution >= 4 is 17.6 Å². The second kappa shape index (κ2) is 13.5. The third-order valence-electron chi connectivity index (χ3n) is 8.01. The van der Waals surface area contributed by atoms with Gasteiger partial charge in [0.25, 0.3) is 0 Å². The van der Waals surface area contributed by atoms with Gasteiger partial charge in [0, 0.05) is 22.3 Å². The van der Waals surface area contributed by atoms with Crippen molar-refractivity contribution in [1.82, 2.24) is 29.9 Å². The Labute approximate surface area is 284 Å². The molecule has 0 aliphatic rings. The standard InChI is InChI=1S/C42H29N7/c1-6-16-30(17-7-1)31-26-28-36(29-27-31)49(41-45-37(32-18-8-2-9-19-32)43-38(46-41)33-20-10-3-11-21-33)42-47-39(34-22-12-4-13-23-34)44-40(48-42)35-24-14-5-15-25-35/h1-29H. The highest BCUT2D eigenvalue weighted by Gasteiger charge is 2.24. The largest absolute Gasteiger partial charge is 0.246 e. The van der Waals surface area contributed by atoms with Crippen molar-refractivity contribution in [3.63, 3.8) is 0 Å². The third kappa shape index (κ3) is 6.41. The molecule has 0 aliphatic heterocycles. The molecule has 7 nitrogen and oxygen atoms in total. The first kappa shape index (κ1) is 29.5. The average Bonchev–Trinajstić information content (AvgIpc) is 3.20. The minimum Gasteiger partial charge on any atom is -0.246 e. The fourth-order valence-corrected chi connectivity index (χ4v) is 5.55. The zero-order valence-electron chi connectivity index (χ0n) is 26.4. The maximum absolute atomic E-state index is 5.07. The zero-order chi connectivity index (χ0) is 32.8. The van der Waals surface area contributed by atoms with E-state index in [1.807, 2.05) is 157 Å². The predicted octanol–water partition coefficient (Wildman–Crippen LogP) is 9.86. The minimum atomic E-state index is 0.379. The minimum absolute atomic E-state index is 0.379. The number of nitrogens with zero attached hydrogens (tertiary/aromatic N) is 7. The summed E-state index contributed by atoms with van der Waals surface area (Å²) in [5.41, 5.74) is 6.47. The molecule has 0 fully saturated rings. The molecule has 232 valence electrons. The van der Waals surface area contributed by atoms with E-state index in [1.165, 1.54) is 0 Å². The van der Waals surface area contributed by atoms with Crippen molar-refractivity contribution in [2.45, 2.75) is 0 Å². The summed E-state index contributed by atoms with van der Waals surface area (Å²) < 4.78 is 0. The fraction of sp³-hybridized carbons (Fsp3) is 0. The summed E-state index contributed by atoms with van der Waals surface area (Å²) in [5.74, 6) is 2.91. The van der Waals surface area contributed by atoms with E-state index in [0.717, 1.165) is 39.1 Å². The maximum atomic E-state index is 5.07. The normalized spacial score (nSPS) is 10.9. The monoisotopic (exact) mass is 631 g/mol. The molecule has 0 N–H and O–H groups in total. The molecule has 0 spiro atoms. The molecule has 0 radical (unpaired) electrons. The van der Waals surface area contributed by atoms with E-state index in [4.69, 9.17) is 29.9 Å². The van der Waals surface area contributed by atoms with Gasteiger partial charge in [0.05, 0.1) is 5.69 Å². The number of anilines is 3. The van der Waals surface area contributed by atoms with E-state index in [0.29, 0.717) is 35.2 Å². The van der Waals surface area contributed by atoms with E-state index < -0.39 is 0 Å². The van der Waals surface area contributed by atoms with Gasteiger partial charge in [-0.3, -0.25) is 0 Å². The van der Waals surface area contributed by atoms with Gasteiger partial charge in [-0.15, -0.1) is 0 Å². The molecular formula is C42H29N7. The summed E-state index contributed by atoms with van der Waals surface area (Å²) in [6.07, 6.45) is 0. The smallest absolute Gasteiger partial charge is 0.241 e. The van der Waals surface area contributed by atoms with Crippen molar-refractivity contribution in [2.24, 2.45) is 0 Å². The fourth-order valence-electron chi connectivity index (χ4n) is 5.55. The zero-order valence-corrected chi connectivity index (χ0v) is 26.4. The lowest BCUT2D eigenvalue weighted by Gasteiger charge is -2.23. The highest BCUT2D eigenvalue weighted by Crippen LogP contribution is 2.35. The second-order valence-corrected chi connectivity index (χ2v) is 11.3. The molecule has 0 amide bonds. The first-order valence-corrected chi connectivity index (χ1v) is 16.0. The van der Waals surface area contributed by atoms with Gasteiger partial charge in [-0.05, 0) is 23.3 Å². The summed E-state index contributed by atoms with van der Waals surface area (Å²) >= 11 is 0. The summed E-state index contributed by atoms with van der Waals surface area (Å²) in [4.78, 5) is 32.0. The Morgan fingerprint density at radius 2 is 0.510 bits per heavy atom. The Balaban J connectivity index is 1.38. The lowest BCUT2D eigenvalue weighted by Crippen LogP contribution is -2.19. The van der Waals surface area contributed by atoms with E-state index in [2.05, 4.69) is 24.3 Å². The van der Waals surface area contributed by atoms with E-state index >= 15 is 0 Å². The number of benzene rings is 6. The Hall–Kier alpha value is -6.86. The molecule has 0 saturated heterocycles. The molecule has 0 saturated carbocycles. The highest BCUT2D eigenvalue weighted by molar-refractivity contribution is 5.76. The average molecular weight is 632 g/mol. The summed E-state index contributed by atoms with van der Waals surface area (Å²) in [7, 11) is 0. The summed E-state index contributed by atoms with van der Waals surface area (Å²) in [6.45, 7) is 0. The second-order valence-electron chi connectivity index (χ2n) is 11.3. The van der Waals surface area contributed by atoms with Crippen LogP contribution in [-0.2, 0) is 0 Å². The summed E-state index contributed by atoms with van der Waals surface area (Å²) in [6, 6.07) is 58.3. The topological polar surface area (TPSA) is 80.6 Å². The third-order valence-corrected chi connectivity index (χ3v) is 8.01. The molecule has 0 unspecified atom stereocenters. The summed E-state index contributed by atoms with van der Waals surface area (Å²) in [5, 5.41) is 0. The van der Waals surface area contributed by atoms with Gasteiger partial charge in [0.1, 0.15) is 0 Å². The molecule has 7 heteroatoms. The number of hydrogen-bond acceptors (Lipinski definition) is 7. The van der Waals surface area contributed by atoms with Gasteiger partial charge >= 0.3 is 0 Å². The first-order chi connectivity index (χ1) is 24.3. The van der Waals surface area contributed by atoms with Gasteiger partial charge in [0.2, 0.25) is 11.9 Å². The lowest BCUT2D eigenvalue weighted by molar-refractivity contribution is 0.964. The van der Waals surface area contributed by atoms with Gasteiger partial charge in [-0.1, -0.05) is 164 Å². The van der Waals surface area contributed by atoms with Gasteiger partial charge in [-0.2, -0.15) is 19.9 Å². The van der Waals surface area contributed by atoms with Crippen LogP contribution < -0.4 is 4.90 Å². The molecule has 49 heavy (non-hydrogen) atoms. The van der Waals surface area contributed by atoms with Crippen LogP contribution in [0.15, 0.2) is 176 Å². The Bertz CT molecular complexity index is 2060. The molecule has 6 aromatic carbocycles. The van der Waals surface area contributed by atoms with Crippen LogP contribution in [0.1, 0.15) is 0 Å². The van der Waals surface area contributed by atoms with Gasteiger partial charge < -0.3 is 0 Å². The van der Waals surface area contributed by atoms with Crippen molar-refractivity contribution < 1.29 is 0 Å². The number of hydrogen-bond donors (Lipinski definition) is 0. The van der Waals surface area contributed by atoms with Gasteiger partial charge in [0.15, 0.2) is 23.3 Å². The Morgan fingerprint density at radius 3 is 0.816 bits per heavy atom. The van der Waals surface area contributed by atoms with Crippen molar-refractivity contribution in [1.29, 1.82) is 0 Å². The molecule has 0 aliphatic carbocycles. The lowest BCUT2D eigenvalue weighted by atomic mass is 10.1. The van der Waals surface area contributed by atoms with Crippen LogP contribution in [0.3, 0.4) is 0 Å². The van der Waals surface area contributed by atoms with Crippen molar-refractivity contribution in [2.75, 3.05) is 4.90 Å². The van der Waals surface area contributed by atoms with Crippen LogP contribution >= 0.6 is 0 Å². The van der Waals surface area contributed by atoms with Crippen LogP contribution in [0.4, 0.5) is 17.6 Å². The van der Waals surface area contributed by atoms with Crippen molar-refractivity contribution in [3.05, 3.63) is 176 Å². The SMILES string of the molecule is c1ccc(-c2ccc(N(c3nc(-c4ccccc4)nc(-c4ccccc4)n3)c3nc(-c4ccccc4)nc(-c4ccccc4)n3)cc2)cc1. The maximum Gasteiger partial charge on any atom is 0.241 e. The highest BCUT2D eigenvalue weighted by atomic mass is 15.4. The van der Waals surface area contributed by atoms with Crippen molar-refractivity contribution in [3.8, 4) is 56.7 Å². The van der Waals surface area contributed by atoms with Gasteiger partial charge in [-0.25, -0.2) is 14.9 Å². The van der Waals surface area contributed by atoms with Crippen LogP contribution in [0.5, 0.6) is 0 Å². The molecule has 2 heterocycles. The van der Waals surface area contributed by atoms with Crippen LogP contribution in [0, 0.1) is 0 Å². The first-order valence-electron chi connectivity index (χ1n) is 16.0. The molecule has 0 bridgehead atoms. The molecule has 8 rings (SSSR count). The molecule has 0 atom stereocenters.